The fourth-order valence-corrected chi connectivity index (χ4v) is 3.80. The SMILES string of the molecule is CC1(C)C(NCCc2cccc(F)c2)C2CCOC21. The van der Waals surface area contributed by atoms with Gasteiger partial charge in [-0.15, -0.1) is 0 Å². The minimum absolute atomic E-state index is 0.147. The second-order valence-electron chi connectivity index (χ2n) is 6.38. The zero-order valence-electron chi connectivity index (χ0n) is 11.7. The van der Waals surface area contributed by atoms with Crippen LogP contribution < -0.4 is 5.32 Å². The molecule has 104 valence electrons. The normalized spacial score (nSPS) is 31.8. The second-order valence-corrected chi connectivity index (χ2v) is 6.38. The lowest BCUT2D eigenvalue weighted by Crippen LogP contribution is -2.66. The lowest BCUT2D eigenvalue weighted by Gasteiger charge is -2.55. The monoisotopic (exact) mass is 263 g/mol. The molecule has 2 aliphatic rings. The van der Waals surface area contributed by atoms with Gasteiger partial charge in [0.2, 0.25) is 0 Å². The summed E-state index contributed by atoms with van der Waals surface area (Å²) in [6, 6.07) is 7.41. The van der Waals surface area contributed by atoms with Crippen molar-refractivity contribution < 1.29 is 9.13 Å². The van der Waals surface area contributed by atoms with Gasteiger partial charge in [-0.3, -0.25) is 0 Å². The van der Waals surface area contributed by atoms with Gasteiger partial charge in [-0.1, -0.05) is 26.0 Å². The van der Waals surface area contributed by atoms with Crippen LogP contribution in [0.5, 0.6) is 0 Å². The Kier molecular flexibility index (Phi) is 3.35. The van der Waals surface area contributed by atoms with Crippen molar-refractivity contribution in [1.82, 2.24) is 5.32 Å². The van der Waals surface area contributed by atoms with Crippen molar-refractivity contribution in [2.75, 3.05) is 13.2 Å². The van der Waals surface area contributed by atoms with E-state index in [9.17, 15) is 4.39 Å². The van der Waals surface area contributed by atoms with Gasteiger partial charge in [0.25, 0.3) is 0 Å². The van der Waals surface area contributed by atoms with E-state index in [2.05, 4.69) is 19.2 Å². The van der Waals surface area contributed by atoms with Crippen LogP contribution >= 0.6 is 0 Å². The third kappa shape index (κ3) is 2.30. The molecular weight excluding hydrogens is 241 g/mol. The van der Waals surface area contributed by atoms with Crippen LogP contribution in [-0.2, 0) is 11.2 Å². The minimum Gasteiger partial charge on any atom is -0.377 e. The maximum Gasteiger partial charge on any atom is 0.123 e. The Labute approximate surface area is 114 Å². The topological polar surface area (TPSA) is 21.3 Å². The molecule has 3 rings (SSSR count). The summed E-state index contributed by atoms with van der Waals surface area (Å²) in [7, 11) is 0. The first-order valence-electron chi connectivity index (χ1n) is 7.18. The van der Waals surface area contributed by atoms with E-state index in [1.807, 2.05) is 6.07 Å². The third-order valence-corrected chi connectivity index (χ3v) is 4.77. The van der Waals surface area contributed by atoms with Crippen molar-refractivity contribution in [3.63, 3.8) is 0 Å². The molecule has 0 aromatic heterocycles. The molecule has 3 heteroatoms. The first-order valence-corrected chi connectivity index (χ1v) is 7.18. The molecule has 1 heterocycles. The van der Waals surface area contributed by atoms with Crippen LogP contribution in [0.2, 0.25) is 0 Å². The van der Waals surface area contributed by atoms with E-state index in [0.717, 1.165) is 25.1 Å². The Balaban J connectivity index is 1.53. The van der Waals surface area contributed by atoms with Crippen molar-refractivity contribution in [2.45, 2.75) is 38.8 Å². The molecule has 1 aliphatic carbocycles. The smallest absolute Gasteiger partial charge is 0.123 e. The molecule has 3 unspecified atom stereocenters. The van der Waals surface area contributed by atoms with Gasteiger partial charge in [0.15, 0.2) is 0 Å². The van der Waals surface area contributed by atoms with E-state index in [4.69, 9.17) is 4.74 Å². The van der Waals surface area contributed by atoms with Gasteiger partial charge in [0, 0.05) is 24.0 Å². The molecule has 1 N–H and O–H groups in total. The molecule has 1 aromatic carbocycles. The van der Waals surface area contributed by atoms with Gasteiger partial charge in [0.1, 0.15) is 5.82 Å². The van der Waals surface area contributed by atoms with Crippen LogP contribution in [0.25, 0.3) is 0 Å². The highest BCUT2D eigenvalue weighted by Crippen LogP contribution is 2.51. The fourth-order valence-electron chi connectivity index (χ4n) is 3.80. The summed E-state index contributed by atoms with van der Waals surface area (Å²) < 4.78 is 18.9. The first-order chi connectivity index (χ1) is 9.09. The number of benzene rings is 1. The molecule has 1 saturated carbocycles. The third-order valence-electron chi connectivity index (χ3n) is 4.77. The second kappa shape index (κ2) is 4.88. The van der Waals surface area contributed by atoms with Crippen molar-refractivity contribution in [3.05, 3.63) is 35.6 Å². The van der Waals surface area contributed by atoms with E-state index in [0.29, 0.717) is 18.1 Å². The van der Waals surface area contributed by atoms with Gasteiger partial charge in [-0.2, -0.15) is 0 Å². The maximum atomic E-state index is 13.1. The molecule has 3 atom stereocenters. The summed E-state index contributed by atoms with van der Waals surface area (Å²) in [6.45, 7) is 6.36. The first kappa shape index (κ1) is 13.1. The van der Waals surface area contributed by atoms with Crippen LogP contribution in [0.4, 0.5) is 4.39 Å². The van der Waals surface area contributed by atoms with Crippen molar-refractivity contribution in [1.29, 1.82) is 0 Å². The molecule has 19 heavy (non-hydrogen) atoms. The van der Waals surface area contributed by atoms with E-state index >= 15 is 0 Å². The largest absolute Gasteiger partial charge is 0.377 e. The van der Waals surface area contributed by atoms with Crippen LogP contribution in [0, 0.1) is 17.2 Å². The van der Waals surface area contributed by atoms with Gasteiger partial charge < -0.3 is 10.1 Å². The van der Waals surface area contributed by atoms with Gasteiger partial charge >= 0.3 is 0 Å². The molecule has 2 fully saturated rings. The number of hydrogen-bond donors (Lipinski definition) is 1. The van der Waals surface area contributed by atoms with E-state index in [-0.39, 0.29) is 11.2 Å². The highest BCUT2D eigenvalue weighted by molar-refractivity contribution is 5.17. The molecule has 1 aliphatic heterocycles. The number of nitrogens with one attached hydrogen (secondary N) is 1. The number of hydrogen-bond acceptors (Lipinski definition) is 2. The molecule has 1 aromatic rings. The summed E-state index contributed by atoms with van der Waals surface area (Å²) in [4.78, 5) is 0. The average Bonchev–Trinajstić information content (AvgIpc) is 2.81. The predicted molar refractivity (Wildman–Crippen MR) is 73.5 cm³/mol. The lowest BCUT2D eigenvalue weighted by molar-refractivity contribution is -0.112. The van der Waals surface area contributed by atoms with Crippen LogP contribution in [-0.4, -0.2) is 25.3 Å². The Hall–Kier alpha value is -0.930. The highest BCUT2D eigenvalue weighted by atomic mass is 19.1. The number of halogens is 1. The molecule has 0 amide bonds. The zero-order chi connectivity index (χ0) is 13.5. The standard InChI is InChI=1S/C16H22FNO/c1-16(2)14(13-7-9-19-15(13)16)18-8-6-11-4-3-5-12(17)10-11/h3-5,10,13-15,18H,6-9H2,1-2H3. The van der Waals surface area contributed by atoms with E-state index in [1.165, 1.54) is 12.5 Å². The van der Waals surface area contributed by atoms with Gasteiger partial charge in [-0.25, -0.2) is 4.39 Å². The van der Waals surface area contributed by atoms with Crippen LogP contribution in [0.15, 0.2) is 24.3 Å². The molecule has 0 bridgehead atoms. The Morgan fingerprint density at radius 1 is 1.42 bits per heavy atom. The number of ether oxygens (including phenoxy) is 1. The molecular formula is C16H22FNO. The van der Waals surface area contributed by atoms with Crippen LogP contribution in [0.1, 0.15) is 25.8 Å². The van der Waals surface area contributed by atoms with Crippen LogP contribution in [0.3, 0.4) is 0 Å². The maximum absolute atomic E-state index is 13.1. The summed E-state index contributed by atoms with van der Waals surface area (Å²) in [5.74, 6) is 0.522. The average molecular weight is 263 g/mol. The summed E-state index contributed by atoms with van der Waals surface area (Å²) in [5.41, 5.74) is 1.28. The minimum atomic E-state index is -0.147. The quantitative estimate of drug-likeness (QED) is 0.902. The zero-order valence-corrected chi connectivity index (χ0v) is 11.7. The van der Waals surface area contributed by atoms with E-state index < -0.39 is 0 Å². The fraction of sp³-hybridized carbons (Fsp3) is 0.625. The molecule has 2 nitrogen and oxygen atoms in total. The molecule has 1 saturated heterocycles. The Bertz CT molecular complexity index is 460. The Morgan fingerprint density at radius 2 is 2.26 bits per heavy atom. The number of fused-ring (bicyclic) bond motifs is 1. The Morgan fingerprint density at radius 3 is 3.05 bits per heavy atom. The number of rotatable bonds is 4. The molecule has 0 radical (unpaired) electrons. The summed E-state index contributed by atoms with van der Waals surface area (Å²) in [6.07, 6.45) is 2.48. The predicted octanol–water partition coefficient (Wildman–Crippen LogP) is 2.77. The van der Waals surface area contributed by atoms with Crippen molar-refractivity contribution in [3.8, 4) is 0 Å². The summed E-state index contributed by atoms with van der Waals surface area (Å²) >= 11 is 0. The van der Waals surface area contributed by atoms with Gasteiger partial charge in [0.05, 0.1) is 6.10 Å². The highest BCUT2D eigenvalue weighted by Gasteiger charge is 2.58. The summed E-state index contributed by atoms with van der Waals surface area (Å²) in [5, 5.41) is 3.65. The van der Waals surface area contributed by atoms with Crippen molar-refractivity contribution in [2.24, 2.45) is 11.3 Å². The van der Waals surface area contributed by atoms with E-state index in [1.54, 1.807) is 12.1 Å². The molecule has 0 spiro atoms. The van der Waals surface area contributed by atoms with Gasteiger partial charge in [-0.05, 0) is 37.1 Å². The van der Waals surface area contributed by atoms with Crippen molar-refractivity contribution >= 4 is 0 Å². The lowest BCUT2D eigenvalue weighted by atomic mass is 9.57.